The first-order chi connectivity index (χ1) is 14.2. The van der Waals surface area contributed by atoms with Crippen LogP contribution >= 0.6 is 0 Å². The summed E-state index contributed by atoms with van der Waals surface area (Å²) in [7, 11) is 0. The number of piperidine rings is 1. The summed E-state index contributed by atoms with van der Waals surface area (Å²) in [6, 6.07) is 12.3. The smallest absolute Gasteiger partial charge is 0.180 e. The zero-order chi connectivity index (χ0) is 19.8. The number of aryl methyl sites for hydroxylation is 1. The first-order valence-electron chi connectivity index (χ1n) is 10.3. The first kappa shape index (κ1) is 18.1. The van der Waals surface area contributed by atoms with Crippen molar-refractivity contribution < 1.29 is 9.63 Å². The van der Waals surface area contributed by atoms with E-state index in [2.05, 4.69) is 26.0 Å². The summed E-state index contributed by atoms with van der Waals surface area (Å²) >= 11 is 0. The summed E-state index contributed by atoms with van der Waals surface area (Å²) in [6.07, 6.45) is 5.10. The molecule has 3 aromatic rings. The van der Waals surface area contributed by atoms with Gasteiger partial charge in [-0.25, -0.2) is 0 Å². The highest BCUT2D eigenvalue weighted by molar-refractivity contribution is 5.81. The van der Waals surface area contributed by atoms with E-state index in [1.54, 1.807) is 18.2 Å². The van der Waals surface area contributed by atoms with Gasteiger partial charge in [0, 0.05) is 18.6 Å². The van der Waals surface area contributed by atoms with Crippen molar-refractivity contribution in [2.24, 2.45) is 5.92 Å². The molecule has 0 amide bonds. The molecule has 2 unspecified atom stereocenters. The predicted molar refractivity (Wildman–Crippen MR) is 111 cm³/mol. The lowest BCUT2D eigenvalue weighted by Crippen LogP contribution is -2.40. The minimum Gasteiger partial charge on any atom is -0.507 e. The van der Waals surface area contributed by atoms with Crippen molar-refractivity contribution in [3.05, 3.63) is 42.1 Å². The van der Waals surface area contributed by atoms with E-state index in [1.807, 2.05) is 25.1 Å². The van der Waals surface area contributed by atoms with Gasteiger partial charge in [-0.15, -0.1) is 10.2 Å². The molecule has 0 spiro atoms. The van der Waals surface area contributed by atoms with Crippen LogP contribution in [0.1, 0.15) is 31.4 Å². The number of fused-ring (bicyclic) bond motifs is 2. The van der Waals surface area contributed by atoms with Crippen molar-refractivity contribution >= 4 is 5.82 Å². The zero-order valence-electron chi connectivity index (χ0n) is 16.4. The molecule has 0 aliphatic carbocycles. The Morgan fingerprint density at radius 1 is 1.10 bits per heavy atom. The lowest BCUT2D eigenvalue weighted by molar-refractivity contribution is 0.311. The van der Waals surface area contributed by atoms with Crippen LogP contribution in [0.2, 0.25) is 0 Å². The molecule has 0 saturated carbocycles. The highest BCUT2D eigenvalue weighted by Gasteiger charge is 2.33. The summed E-state index contributed by atoms with van der Waals surface area (Å²) in [4.78, 5) is 0. The Kier molecular flexibility index (Phi) is 4.67. The monoisotopic (exact) mass is 391 g/mol. The van der Waals surface area contributed by atoms with E-state index in [0.717, 1.165) is 17.9 Å². The third-order valence-corrected chi connectivity index (χ3v) is 6.07. The second kappa shape index (κ2) is 7.48. The van der Waals surface area contributed by atoms with Crippen LogP contribution in [0.15, 0.2) is 40.9 Å². The number of benzene rings is 1. The summed E-state index contributed by atoms with van der Waals surface area (Å²) in [5, 5.41) is 30.1. The molecule has 7 nitrogen and oxygen atoms in total. The van der Waals surface area contributed by atoms with Gasteiger partial charge in [0.05, 0.1) is 22.5 Å². The second-order valence-corrected chi connectivity index (χ2v) is 8.15. The lowest BCUT2D eigenvalue weighted by atomic mass is 9.92. The van der Waals surface area contributed by atoms with Crippen molar-refractivity contribution in [2.45, 2.75) is 44.7 Å². The molecular weight excluding hydrogens is 366 g/mol. The molecule has 7 heteroatoms. The number of nitrogens with zero attached hydrogens (tertiary/aromatic N) is 3. The van der Waals surface area contributed by atoms with E-state index in [1.165, 1.54) is 25.7 Å². The van der Waals surface area contributed by atoms with Crippen molar-refractivity contribution in [2.75, 3.05) is 11.9 Å². The molecule has 0 radical (unpaired) electrons. The minimum atomic E-state index is 0.145. The maximum Gasteiger partial charge on any atom is 0.180 e. The van der Waals surface area contributed by atoms with Crippen LogP contribution in [0.4, 0.5) is 5.82 Å². The Bertz CT molecular complexity index is 989. The molecule has 4 heterocycles. The summed E-state index contributed by atoms with van der Waals surface area (Å²) in [6.45, 7) is 2.79. The Labute approximate surface area is 169 Å². The van der Waals surface area contributed by atoms with Crippen molar-refractivity contribution in [1.82, 2.24) is 20.7 Å². The number of aromatic nitrogens is 3. The average Bonchev–Trinajstić information content (AvgIpc) is 3.28. The van der Waals surface area contributed by atoms with Crippen LogP contribution in [-0.2, 0) is 0 Å². The number of phenols is 1. The molecule has 2 fully saturated rings. The molecule has 2 atom stereocenters. The van der Waals surface area contributed by atoms with Gasteiger partial charge in [-0.2, -0.15) is 0 Å². The van der Waals surface area contributed by atoms with Gasteiger partial charge < -0.3 is 20.3 Å². The predicted octanol–water partition coefficient (Wildman–Crippen LogP) is 3.76. The number of hydrogen-bond donors (Lipinski definition) is 3. The highest BCUT2D eigenvalue weighted by Crippen LogP contribution is 2.38. The summed E-state index contributed by atoms with van der Waals surface area (Å²) < 4.78 is 5.50. The molecule has 2 aliphatic heterocycles. The molecule has 5 rings (SSSR count). The fraction of sp³-hybridized carbons (Fsp3) is 0.409. The van der Waals surface area contributed by atoms with Crippen molar-refractivity contribution in [3.8, 4) is 28.3 Å². The molecule has 2 saturated heterocycles. The summed E-state index contributed by atoms with van der Waals surface area (Å²) in [5.41, 5.74) is 2.73. The first-order valence-corrected chi connectivity index (χ1v) is 10.3. The Balaban J connectivity index is 1.32. The molecule has 2 aromatic heterocycles. The molecule has 2 bridgehead atoms. The van der Waals surface area contributed by atoms with Crippen LogP contribution in [0.3, 0.4) is 0 Å². The number of nitrogens with one attached hydrogen (secondary N) is 2. The number of aromatic hydroxyl groups is 1. The van der Waals surface area contributed by atoms with Gasteiger partial charge in [0.1, 0.15) is 11.6 Å². The Hall–Kier alpha value is -2.93. The maximum absolute atomic E-state index is 10.2. The van der Waals surface area contributed by atoms with E-state index in [-0.39, 0.29) is 5.75 Å². The van der Waals surface area contributed by atoms with Gasteiger partial charge in [-0.3, -0.25) is 0 Å². The largest absolute Gasteiger partial charge is 0.507 e. The fourth-order valence-corrected chi connectivity index (χ4v) is 4.67. The number of para-hydroxylation sites is 1. The third-order valence-electron chi connectivity index (χ3n) is 6.07. The maximum atomic E-state index is 10.2. The standard InChI is InChI=1S/C22H25N5O2/c1-13-21(22(29-27-13)17-4-2-3-5-19(17)28)18-8-9-20(26-25-18)23-12-14-10-15-6-7-16(11-14)24-15/h2-5,8-9,14-16,24,28H,6-7,10-12H2,1H3,(H,23,26). The average molecular weight is 391 g/mol. The van der Waals surface area contributed by atoms with Gasteiger partial charge in [0.15, 0.2) is 5.76 Å². The molecular formula is C22H25N5O2. The van der Waals surface area contributed by atoms with Gasteiger partial charge in [-0.1, -0.05) is 17.3 Å². The van der Waals surface area contributed by atoms with E-state index >= 15 is 0 Å². The van der Waals surface area contributed by atoms with Crippen LogP contribution in [0.5, 0.6) is 5.75 Å². The quantitative estimate of drug-likeness (QED) is 0.609. The Morgan fingerprint density at radius 2 is 1.90 bits per heavy atom. The van der Waals surface area contributed by atoms with Gasteiger partial charge in [0.2, 0.25) is 0 Å². The van der Waals surface area contributed by atoms with Crippen LogP contribution in [-0.4, -0.2) is 39.1 Å². The van der Waals surface area contributed by atoms with Crippen LogP contribution < -0.4 is 10.6 Å². The van der Waals surface area contributed by atoms with Gasteiger partial charge >= 0.3 is 0 Å². The number of phenolic OH excluding ortho intramolecular Hbond substituents is 1. The van der Waals surface area contributed by atoms with E-state index in [0.29, 0.717) is 40.7 Å². The van der Waals surface area contributed by atoms with Gasteiger partial charge in [0.25, 0.3) is 0 Å². The van der Waals surface area contributed by atoms with E-state index in [9.17, 15) is 5.11 Å². The normalized spacial score (nSPS) is 23.3. The SMILES string of the molecule is Cc1noc(-c2ccccc2O)c1-c1ccc(NCC2CC3CCC(C2)N3)nn1. The molecule has 1 aromatic carbocycles. The topological polar surface area (TPSA) is 96.1 Å². The van der Waals surface area contributed by atoms with E-state index in [4.69, 9.17) is 4.52 Å². The van der Waals surface area contributed by atoms with Gasteiger partial charge in [-0.05, 0) is 62.8 Å². The Morgan fingerprint density at radius 3 is 2.62 bits per heavy atom. The third kappa shape index (κ3) is 3.58. The summed E-state index contributed by atoms with van der Waals surface area (Å²) in [5.74, 6) is 2.11. The van der Waals surface area contributed by atoms with Crippen LogP contribution in [0, 0.1) is 12.8 Å². The molecule has 29 heavy (non-hydrogen) atoms. The van der Waals surface area contributed by atoms with Crippen LogP contribution in [0.25, 0.3) is 22.6 Å². The van der Waals surface area contributed by atoms with Crippen molar-refractivity contribution in [3.63, 3.8) is 0 Å². The number of anilines is 1. The fourth-order valence-electron chi connectivity index (χ4n) is 4.67. The second-order valence-electron chi connectivity index (χ2n) is 8.15. The van der Waals surface area contributed by atoms with E-state index < -0.39 is 0 Å². The molecule has 150 valence electrons. The molecule has 2 aliphatic rings. The minimum absolute atomic E-state index is 0.145. The zero-order valence-corrected chi connectivity index (χ0v) is 16.4. The number of hydrogen-bond acceptors (Lipinski definition) is 7. The molecule has 3 N–H and O–H groups in total. The highest BCUT2D eigenvalue weighted by atomic mass is 16.5. The lowest BCUT2D eigenvalue weighted by Gasteiger charge is -2.29. The van der Waals surface area contributed by atoms with Crippen molar-refractivity contribution in [1.29, 1.82) is 0 Å². The number of rotatable bonds is 5.